The van der Waals surface area contributed by atoms with E-state index < -0.39 is 0 Å². The van der Waals surface area contributed by atoms with Gasteiger partial charge in [-0.05, 0) is 30.2 Å². The number of aryl methyl sites for hydroxylation is 1. The molecular formula is C17H16ClFN2. The highest BCUT2D eigenvalue weighted by Crippen LogP contribution is 2.26. The van der Waals surface area contributed by atoms with Crippen LogP contribution in [0.15, 0.2) is 42.5 Å². The van der Waals surface area contributed by atoms with Crippen LogP contribution < -0.4 is 0 Å². The van der Waals surface area contributed by atoms with Gasteiger partial charge in [0, 0.05) is 18.0 Å². The number of imidazole rings is 1. The van der Waals surface area contributed by atoms with E-state index in [-0.39, 0.29) is 5.82 Å². The Hall–Kier alpha value is -1.87. The van der Waals surface area contributed by atoms with Crippen molar-refractivity contribution in [2.75, 3.05) is 0 Å². The number of hydrogen-bond acceptors (Lipinski definition) is 1. The van der Waals surface area contributed by atoms with Gasteiger partial charge in [0.2, 0.25) is 0 Å². The van der Waals surface area contributed by atoms with Gasteiger partial charge in [0.25, 0.3) is 0 Å². The van der Waals surface area contributed by atoms with E-state index in [1.54, 1.807) is 12.1 Å². The number of halogens is 2. The molecule has 0 aliphatic heterocycles. The molecule has 0 fully saturated rings. The Morgan fingerprint density at radius 2 is 1.90 bits per heavy atom. The van der Waals surface area contributed by atoms with E-state index in [2.05, 4.69) is 16.5 Å². The number of fused-ring (bicyclic) bond motifs is 1. The molecule has 108 valence electrons. The Bertz CT molecular complexity index is 762. The third-order valence-electron chi connectivity index (χ3n) is 3.52. The van der Waals surface area contributed by atoms with Crippen LogP contribution in [-0.4, -0.2) is 9.55 Å². The molecule has 0 unspecified atom stereocenters. The summed E-state index contributed by atoms with van der Waals surface area (Å²) in [6.07, 6.45) is 0.967. The van der Waals surface area contributed by atoms with Gasteiger partial charge < -0.3 is 4.57 Å². The van der Waals surface area contributed by atoms with Crippen molar-refractivity contribution >= 4 is 22.6 Å². The first kappa shape index (κ1) is 14.1. The summed E-state index contributed by atoms with van der Waals surface area (Å²) in [6, 6.07) is 12.8. The number of aromatic nitrogens is 2. The highest BCUT2D eigenvalue weighted by atomic mass is 35.5. The lowest BCUT2D eigenvalue weighted by molar-refractivity contribution is 0.627. The molecule has 0 N–H and O–H groups in total. The van der Waals surface area contributed by atoms with Gasteiger partial charge in [-0.2, -0.15) is 0 Å². The van der Waals surface area contributed by atoms with Crippen molar-refractivity contribution in [1.29, 1.82) is 0 Å². The molecule has 0 saturated heterocycles. The summed E-state index contributed by atoms with van der Waals surface area (Å²) in [6.45, 7) is 2.91. The minimum atomic E-state index is -0.233. The molecule has 0 saturated carbocycles. The van der Waals surface area contributed by atoms with Crippen molar-refractivity contribution < 1.29 is 4.39 Å². The molecule has 21 heavy (non-hydrogen) atoms. The van der Waals surface area contributed by atoms with E-state index in [0.717, 1.165) is 41.0 Å². The van der Waals surface area contributed by atoms with Crippen LogP contribution in [0, 0.1) is 5.82 Å². The first-order valence-corrected chi connectivity index (χ1v) is 7.57. The maximum absolute atomic E-state index is 13.5. The predicted octanol–water partition coefficient (Wildman–Crippen LogP) is 4.99. The van der Waals surface area contributed by atoms with Crippen LogP contribution >= 0.6 is 11.6 Å². The fourth-order valence-corrected chi connectivity index (χ4v) is 2.69. The van der Waals surface area contributed by atoms with Gasteiger partial charge in [0.15, 0.2) is 0 Å². The van der Waals surface area contributed by atoms with Gasteiger partial charge in [-0.3, -0.25) is 0 Å². The molecule has 4 heteroatoms. The lowest BCUT2D eigenvalue weighted by atomic mass is 10.1. The fraction of sp³-hybridized carbons (Fsp3) is 0.235. The number of nitrogens with zero attached hydrogens (tertiary/aromatic N) is 2. The van der Waals surface area contributed by atoms with E-state index in [9.17, 15) is 4.39 Å². The average Bonchev–Trinajstić information content (AvgIpc) is 2.86. The van der Waals surface area contributed by atoms with Crippen LogP contribution in [0.1, 0.15) is 18.9 Å². The van der Waals surface area contributed by atoms with Crippen molar-refractivity contribution in [3.63, 3.8) is 0 Å². The molecule has 0 aliphatic carbocycles. The first-order valence-electron chi connectivity index (χ1n) is 7.04. The van der Waals surface area contributed by atoms with Crippen molar-refractivity contribution in [1.82, 2.24) is 9.55 Å². The minimum Gasteiger partial charge on any atom is -0.324 e. The molecule has 1 aromatic heterocycles. The molecule has 0 radical (unpaired) electrons. The van der Waals surface area contributed by atoms with Gasteiger partial charge >= 0.3 is 0 Å². The Labute approximate surface area is 128 Å². The molecule has 0 spiro atoms. The summed E-state index contributed by atoms with van der Waals surface area (Å²) in [5.74, 6) is 1.14. The van der Waals surface area contributed by atoms with Gasteiger partial charge in [-0.1, -0.05) is 31.2 Å². The standard InChI is InChI=1S/C17H16ClFN2/c1-2-9-21-16-10-14(19)7-8-15(16)20-17(21)13-5-3-12(11-18)4-6-13/h3-8,10H,2,9,11H2,1H3. The molecule has 2 nitrogen and oxygen atoms in total. The van der Waals surface area contributed by atoms with Crippen LogP contribution in [0.25, 0.3) is 22.4 Å². The number of alkyl halides is 1. The molecule has 0 aliphatic rings. The van der Waals surface area contributed by atoms with Crippen molar-refractivity contribution in [3.05, 3.63) is 53.8 Å². The number of hydrogen-bond donors (Lipinski definition) is 0. The van der Waals surface area contributed by atoms with Gasteiger partial charge in [-0.25, -0.2) is 9.37 Å². The number of rotatable bonds is 4. The quantitative estimate of drug-likeness (QED) is 0.621. The second kappa shape index (κ2) is 5.86. The second-order valence-corrected chi connectivity index (χ2v) is 5.32. The normalized spacial score (nSPS) is 11.2. The van der Waals surface area contributed by atoms with E-state index in [4.69, 9.17) is 11.6 Å². The summed E-state index contributed by atoms with van der Waals surface area (Å²) >= 11 is 5.83. The summed E-state index contributed by atoms with van der Waals surface area (Å²) in [4.78, 5) is 4.66. The Balaban J connectivity index is 2.17. The molecule has 0 atom stereocenters. The molecule has 3 rings (SSSR count). The SMILES string of the molecule is CCCn1c(-c2ccc(CCl)cc2)nc2ccc(F)cc21. The third-order valence-corrected chi connectivity index (χ3v) is 3.83. The Kier molecular flexibility index (Phi) is 3.93. The molecule has 2 aromatic carbocycles. The van der Waals surface area contributed by atoms with E-state index in [0.29, 0.717) is 5.88 Å². The molecular weight excluding hydrogens is 287 g/mol. The van der Waals surface area contributed by atoms with Crippen LogP contribution in [0.3, 0.4) is 0 Å². The summed E-state index contributed by atoms with van der Waals surface area (Å²) < 4.78 is 15.6. The van der Waals surface area contributed by atoms with Gasteiger partial charge in [0.1, 0.15) is 11.6 Å². The monoisotopic (exact) mass is 302 g/mol. The summed E-state index contributed by atoms with van der Waals surface area (Å²) in [5.41, 5.74) is 3.76. The van der Waals surface area contributed by atoms with E-state index >= 15 is 0 Å². The first-order chi connectivity index (χ1) is 10.2. The van der Waals surface area contributed by atoms with Gasteiger partial charge in [-0.15, -0.1) is 11.6 Å². The Morgan fingerprint density at radius 3 is 2.57 bits per heavy atom. The van der Waals surface area contributed by atoms with Gasteiger partial charge in [0.05, 0.1) is 11.0 Å². The molecule has 0 amide bonds. The Morgan fingerprint density at radius 1 is 1.14 bits per heavy atom. The zero-order valence-corrected chi connectivity index (χ0v) is 12.6. The third kappa shape index (κ3) is 2.66. The van der Waals surface area contributed by atoms with Crippen LogP contribution in [0.2, 0.25) is 0 Å². The maximum atomic E-state index is 13.5. The second-order valence-electron chi connectivity index (χ2n) is 5.05. The fourth-order valence-electron chi connectivity index (χ4n) is 2.51. The zero-order chi connectivity index (χ0) is 14.8. The molecule has 1 heterocycles. The minimum absolute atomic E-state index is 0.233. The van der Waals surface area contributed by atoms with Crippen LogP contribution in [0.5, 0.6) is 0 Å². The van der Waals surface area contributed by atoms with E-state index in [1.165, 1.54) is 6.07 Å². The molecule has 3 aromatic rings. The lowest BCUT2D eigenvalue weighted by Crippen LogP contribution is -2.00. The zero-order valence-electron chi connectivity index (χ0n) is 11.8. The summed E-state index contributed by atoms with van der Waals surface area (Å²) in [5, 5.41) is 0. The van der Waals surface area contributed by atoms with Crippen LogP contribution in [0.4, 0.5) is 4.39 Å². The largest absolute Gasteiger partial charge is 0.324 e. The highest BCUT2D eigenvalue weighted by Gasteiger charge is 2.12. The molecule has 0 bridgehead atoms. The maximum Gasteiger partial charge on any atom is 0.141 e. The van der Waals surface area contributed by atoms with Crippen molar-refractivity contribution in [2.24, 2.45) is 0 Å². The predicted molar refractivity (Wildman–Crippen MR) is 85.0 cm³/mol. The van der Waals surface area contributed by atoms with Crippen LogP contribution in [-0.2, 0) is 12.4 Å². The highest BCUT2D eigenvalue weighted by molar-refractivity contribution is 6.17. The average molecular weight is 303 g/mol. The van der Waals surface area contributed by atoms with Crippen molar-refractivity contribution in [3.8, 4) is 11.4 Å². The summed E-state index contributed by atoms with van der Waals surface area (Å²) in [7, 11) is 0. The van der Waals surface area contributed by atoms with E-state index in [1.807, 2.05) is 24.3 Å². The topological polar surface area (TPSA) is 17.8 Å². The van der Waals surface area contributed by atoms with Crippen molar-refractivity contribution in [2.45, 2.75) is 25.8 Å². The lowest BCUT2D eigenvalue weighted by Gasteiger charge is -2.08. The number of benzene rings is 2. The smallest absolute Gasteiger partial charge is 0.141 e.